The standard InChI is InChI=1S/C25H27N3O7S/c1-14(2)34-21-8-7-16(11-15(21)3)25-26-24(27-35-25)19-6-4-5-18-20(19)12-17-13-22(29)28(23(17)18)9-10-33-36(30,31)32/h4-8,11,14,17,23H,9-10,12-13H2,1-3H3,(H,30,31,32). The van der Waals surface area contributed by atoms with Crippen molar-refractivity contribution in [2.45, 2.75) is 45.8 Å². The molecule has 1 N–H and O–H groups in total. The number of ether oxygens (including phenoxy) is 1. The van der Waals surface area contributed by atoms with Crippen LogP contribution in [0.4, 0.5) is 0 Å². The number of rotatable bonds is 8. The Morgan fingerprint density at radius 2 is 2.03 bits per heavy atom. The lowest BCUT2D eigenvalue weighted by Gasteiger charge is -2.25. The van der Waals surface area contributed by atoms with Crippen molar-refractivity contribution in [3.05, 3.63) is 53.1 Å². The maximum atomic E-state index is 12.6. The summed E-state index contributed by atoms with van der Waals surface area (Å²) in [5, 5.41) is 4.23. The van der Waals surface area contributed by atoms with E-state index in [1.165, 1.54) is 0 Å². The quantitative estimate of drug-likeness (QED) is 0.447. The molecule has 1 aliphatic heterocycles. The minimum absolute atomic E-state index is 0.0573. The summed E-state index contributed by atoms with van der Waals surface area (Å²) in [7, 11) is -4.56. The van der Waals surface area contributed by atoms with Crippen molar-refractivity contribution in [2.75, 3.05) is 13.2 Å². The number of hydrogen-bond donors (Lipinski definition) is 1. The molecule has 2 heterocycles. The van der Waals surface area contributed by atoms with Crippen molar-refractivity contribution in [3.8, 4) is 28.6 Å². The lowest BCUT2D eigenvalue weighted by atomic mass is 10.0. The molecule has 0 bridgehead atoms. The minimum Gasteiger partial charge on any atom is -0.491 e. The number of amides is 1. The molecule has 5 rings (SSSR count). The molecule has 2 unspecified atom stereocenters. The molecule has 1 saturated heterocycles. The van der Waals surface area contributed by atoms with E-state index < -0.39 is 10.4 Å². The molecule has 1 amide bonds. The molecule has 0 saturated carbocycles. The van der Waals surface area contributed by atoms with Crippen LogP contribution in [-0.4, -0.2) is 53.2 Å². The molecule has 1 aliphatic carbocycles. The summed E-state index contributed by atoms with van der Waals surface area (Å²) in [6.45, 7) is 5.68. The highest BCUT2D eigenvalue weighted by atomic mass is 32.3. The van der Waals surface area contributed by atoms with Gasteiger partial charge in [-0.3, -0.25) is 9.35 Å². The van der Waals surface area contributed by atoms with Gasteiger partial charge in [0.25, 0.3) is 5.89 Å². The fraction of sp³-hybridized carbons (Fsp3) is 0.400. The van der Waals surface area contributed by atoms with Crippen molar-refractivity contribution >= 4 is 16.3 Å². The molecule has 0 radical (unpaired) electrons. The molecule has 36 heavy (non-hydrogen) atoms. The van der Waals surface area contributed by atoms with Gasteiger partial charge in [-0.15, -0.1) is 0 Å². The molecule has 3 aromatic rings. The SMILES string of the molecule is Cc1cc(-c2nc(-c3cccc4c3CC3CC(=O)N(CCOS(=O)(=O)O)C43)no2)ccc1OC(C)C. The van der Waals surface area contributed by atoms with Crippen LogP contribution in [0.2, 0.25) is 0 Å². The van der Waals surface area contributed by atoms with Gasteiger partial charge in [0.2, 0.25) is 11.7 Å². The zero-order valence-electron chi connectivity index (χ0n) is 20.2. The predicted molar refractivity (Wildman–Crippen MR) is 129 cm³/mol. The van der Waals surface area contributed by atoms with E-state index in [0.29, 0.717) is 24.6 Å². The van der Waals surface area contributed by atoms with Crippen LogP contribution < -0.4 is 4.74 Å². The summed E-state index contributed by atoms with van der Waals surface area (Å²) < 4.78 is 46.5. The van der Waals surface area contributed by atoms with Crippen LogP contribution in [0.1, 0.15) is 43.0 Å². The van der Waals surface area contributed by atoms with E-state index in [4.69, 9.17) is 13.8 Å². The zero-order valence-corrected chi connectivity index (χ0v) is 21.0. The highest BCUT2D eigenvalue weighted by Crippen LogP contribution is 2.49. The maximum Gasteiger partial charge on any atom is 0.397 e. The van der Waals surface area contributed by atoms with Crippen LogP contribution in [0.3, 0.4) is 0 Å². The topological polar surface area (TPSA) is 132 Å². The Kier molecular flexibility index (Phi) is 6.31. The number of fused-ring (bicyclic) bond motifs is 3. The summed E-state index contributed by atoms with van der Waals surface area (Å²) >= 11 is 0. The van der Waals surface area contributed by atoms with Gasteiger partial charge in [0.05, 0.1) is 18.8 Å². The Hall–Kier alpha value is -3.28. The Morgan fingerprint density at radius 3 is 2.75 bits per heavy atom. The molecular weight excluding hydrogens is 486 g/mol. The first-order valence-corrected chi connectivity index (χ1v) is 13.1. The summed E-state index contributed by atoms with van der Waals surface area (Å²) in [4.78, 5) is 18.9. The maximum absolute atomic E-state index is 12.6. The van der Waals surface area contributed by atoms with Gasteiger partial charge >= 0.3 is 10.4 Å². The van der Waals surface area contributed by atoms with E-state index in [9.17, 15) is 13.2 Å². The Bertz CT molecular complexity index is 1420. The highest BCUT2D eigenvalue weighted by molar-refractivity contribution is 7.80. The van der Waals surface area contributed by atoms with E-state index in [1.54, 1.807) is 4.90 Å². The molecule has 1 aromatic heterocycles. The number of carbonyl (C=O) groups is 1. The lowest BCUT2D eigenvalue weighted by Crippen LogP contribution is -2.32. The van der Waals surface area contributed by atoms with Crippen molar-refractivity contribution in [3.63, 3.8) is 0 Å². The number of likely N-dealkylation sites (tertiary alicyclic amines) is 1. The van der Waals surface area contributed by atoms with Crippen molar-refractivity contribution < 1.29 is 31.2 Å². The first-order valence-electron chi connectivity index (χ1n) is 11.8. The number of hydrogen-bond acceptors (Lipinski definition) is 8. The second-order valence-corrected chi connectivity index (χ2v) is 10.5. The van der Waals surface area contributed by atoms with Crippen molar-refractivity contribution in [2.24, 2.45) is 5.92 Å². The van der Waals surface area contributed by atoms with Gasteiger partial charge in [-0.2, -0.15) is 13.4 Å². The molecule has 2 atom stereocenters. The Labute approximate surface area is 209 Å². The third-order valence-electron chi connectivity index (χ3n) is 6.55. The average Bonchev–Trinajstić information content (AvgIpc) is 3.49. The second-order valence-electron chi connectivity index (χ2n) is 9.39. The number of carbonyl (C=O) groups excluding carboxylic acids is 1. The highest BCUT2D eigenvalue weighted by Gasteiger charge is 2.46. The number of aromatic nitrogens is 2. The van der Waals surface area contributed by atoms with Crippen LogP contribution in [0.15, 0.2) is 40.9 Å². The van der Waals surface area contributed by atoms with Gasteiger partial charge in [-0.25, -0.2) is 4.18 Å². The predicted octanol–water partition coefficient (Wildman–Crippen LogP) is 3.76. The third-order valence-corrected chi connectivity index (χ3v) is 7.02. The third kappa shape index (κ3) is 4.73. The monoisotopic (exact) mass is 513 g/mol. The molecule has 2 aliphatic rings. The van der Waals surface area contributed by atoms with Gasteiger partial charge in [0, 0.05) is 24.1 Å². The van der Waals surface area contributed by atoms with E-state index in [2.05, 4.69) is 14.3 Å². The van der Waals surface area contributed by atoms with Crippen LogP contribution >= 0.6 is 0 Å². The fourth-order valence-corrected chi connectivity index (χ4v) is 5.46. The molecule has 1 fully saturated rings. The fourth-order valence-electron chi connectivity index (χ4n) is 5.17. The molecular formula is C25H27N3O7S. The summed E-state index contributed by atoms with van der Waals surface area (Å²) in [6.07, 6.45) is 1.10. The molecule has 11 heteroatoms. The van der Waals surface area contributed by atoms with Crippen molar-refractivity contribution in [1.82, 2.24) is 15.0 Å². The van der Waals surface area contributed by atoms with Gasteiger partial charge in [-0.05, 0) is 68.0 Å². The second kappa shape index (κ2) is 9.30. The normalized spacial score (nSPS) is 19.1. The van der Waals surface area contributed by atoms with Gasteiger partial charge in [0.15, 0.2) is 0 Å². The first-order chi connectivity index (χ1) is 17.1. The van der Waals surface area contributed by atoms with Crippen LogP contribution in [-0.2, 0) is 25.8 Å². The van der Waals surface area contributed by atoms with E-state index in [0.717, 1.165) is 33.6 Å². The molecule has 10 nitrogen and oxygen atoms in total. The minimum atomic E-state index is -4.56. The van der Waals surface area contributed by atoms with Crippen molar-refractivity contribution in [1.29, 1.82) is 0 Å². The average molecular weight is 514 g/mol. The molecule has 190 valence electrons. The first kappa shape index (κ1) is 24.4. The van der Waals surface area contributed by atoms with Crippen LogP contribution in [0, 0.1) is 12.8 Å². The van der Waals surface area contributed by atoms with Gasteiger partial charge in [0.1, 0.15) is 5.75 Å². The largest absolute Gasteiger partial charge is 0.491 e. The van der Waals surface area contributed by atoms with E-state index in [1.807, 2.05) is 57.2 Å². The van der Waals surface area contributed by atoms with E-state index >= 15 is 0 Å². The zero-order chi connectivity index (χ0) is 25.6. The molecule has 0 spiro atoms. The van der Waals surface area contributed by atoms with E-state index in [-0.39, 0.29) is 37.1 Å². The number of nitrogens with zero attached hydrogens (tertiary/aromatic N) is 3. The van der Waals surface area contributed by atoms with Gasteiger partial charge in [-0.1, -0.05) is 23.4 Å². The smallest absolute Gasteiger partial charge is 0.397 e. The van der Waals surface area contributed by atoms with Gasteiger partial charge < -0.3 is 14.2 Å². The Balaban J connectivity index is 1.40. The molecule has 2 aromatic carbocycles. The Morgan fingerprint density at radius 1 is 1.22 bits per heavy atom. The summed E-state index contributed by atoms with van der Waals surface area (Å²) in [5.74, 6) is 1.67. The van der Waals surface area contributed by atoms with Crippen LogP contribution in [0.5, 0.6) is 5.75 Å². The number of aryl methyl sites for hydroxylation is 1. The lowest BCUT2D eigenvalue weighted by molar-refractivity contribution is -0.129. The van der Waals surface area contributed by atoms with Crippen LogP contribution in [0.25, 0.3) is 22.8 Å². The summed E-state index contributed by atoms with van der Waals surface area (Å²) in [5.41, 5.74) is 4.63. The number of benzene rings is 2. The summed E-state index contributed by atoms with van der Waals surface area (Å²) in [6, 6.07) is 11.3.